The van der Waals surface area contributed by atoms with Gasteiger partial charge in [0.15, 0.2) is 6.61 Å². The third kappa shape index (κ3) is 5.67. The average Bonchev–Trinajstić information content (AvgIpc) is 3.16. The second kappa shape index (κ2) is 10.4. The zero-order valence-corrected chi connectivity index (χ0v) is 19.7. The Morgan fingerprint density at radius 3 is 2.40 bits per heavy atom. The number of nitrogens with zero attached hydrogens (tertiary/aromatic N) is 1. The lowest BCUT2D eigenvalue weighted by atomic mass is 9.99. The number of ether oxygens (including phenoxy) is 2. The zero-order valence-electron chi connectivity index (χ0n) is 19.7. The van der Waals surface area contributed by atoms with Crippen LogP contribution in [0.4, 0.5) is 15.8 Å². The number of amides is 1. The number of halogens is 1. The molecule has 180 valence electrons. The summed E-state index contributed by atoms with van der Waals surface area (Å²) in [4.78, 5) is 26.4. The van der Waals surface area contributed by atoms with Gasteiger partial charge in [-0.1, -0.05) is 12.1 Å². The highest BCUT2D eigenvalue weighted by atomic mass is 19.1. The molecular weight excluding hydrogens is 449 g/mol. The Labute approximate surface area is 203 Å². The Hall–Kier alpha value is -4.17. The summed E-state index contributed by atoms with van der Waals surface area (Å²) in [6, 6.07) is 19.2. The second-order valence-corrected chi connectivity index (χ2v) is 8.34. The molecular formula is C27H26FN3O4. The molecule has 0 spiro atoms. The maximum absolute atomic E-state index is 13.8. The number of fused-ring (bicyclic) bond motifs is 1. The zero-order chi connectivity index (χ0) is 24.9. The maximum Gasteiger partial charge on any atom is 0.343 e. The Morgan fingerprint density at radius 2 is 1.74 bits per heavy atom. The summed E-state index contributed by atoms with van der Waals surface area (Å²) in [6.45, 7) is 0.602. The van der Waals surface area contributed by atoms with Crippen molar-refractivity contribution in [2.24, 2.45) is 0 Å². The number of methoxy groups -OCH3 is 1. The first-order valence-corrected chi connectivity index (χ1v) is 11.0. The smallest absolute Gasteiger partial charge is 0.343 e. The monoisotopic (exact) mass is 475 g/mol. The largest absolute Gasteiger partial charge is 0.482 e. The molecule has 0 aliphatic carbocycles. The van der Waals surface area contributed by atoms with E-state index in [2.05, 4.69) is 20.3 Å². The number of hydrogen-bond donors (Lipinski definition) is 2. The van der Waals surface area contributed by atoms with E-state index in [4.69, 9.17) is 4.74 Å². The van der Waals surface area contributed by atoms with Crippen LogP contribution in [0.3, 0.4) is 0 Å². The van der Waals surface area contributed by atoms with E-state index in [0.29, 0.717) is 28.3 Å². The van der Waals surface area contributed by atoms with Gasteiger partial charge in [-0.15, -0.1) is 0 Å². The molecule has 8 heteroatoms. The van der Waals surface area contributed by atoms with Gasteiger partial charge in [0.25, 0.3) is 5.91 Å². The molecule has 3 aromatic rings. The molecule has 0 fully saturated rings. The Morgan fingerprint density at radius 1 is 1.03 bits per heavy atom. The van der Waals surface area contributed by atoms with Crippen LogP contribution < -0.4 is 15.4 Å². The molecule has 0 bridgehead atoms. The minimum atomic E-state index is -0.484. The van der Waals surface area contributed by atoms with Crippen LogP contribution in [-0.2, 0) is 20.9 Å². The van der Waals surface area contributed by atoms with Crippen molar-refractivity contribution in [1.82, 2.24) is 4.90 Å². The van der Waals surface area contributed by atoms with Gasteiger partial charge in [-0.3, -0.25) is 4.79 Å². The van der Waals surface area contributed by atoms with Crippen molar-refractivity contribution in [3.05, 3.63) is 89.2 Å². The van der Waals surface area contributed by atoms with Gasteiger partial charge in [-0.05, 0) is 79.8 Å². The molecule has 0 radical (unpaired) electrons. The highest BCUT2D eigenvalue weighted by molar-refractivity contribution is 6.37. The molecule has 0 saturated heterocycles. The van der Waals surface area contributed by atoms with Crippen LogP contribution in [0.1, 0.15) is 16.7 Å². The van der Waals surface area contributed by atoms with E-state index in [0.717, 1.165) is 23.4 Å². The first-order chi connectivity index (χ1) is 16.8. The van der Waals surface area contributed by atoms with E-state index in [1.165, 1.54) is 19.2 Å². The number of benzene rings is 3. The van der Waals surface area contributed by atoms with E-state index in [1.54, 1.807) is 30.3 Å². The fraction of sp³-hybridized carbons (Fsp3) is 0.185. The summed E-state index contributed by atoms with van der Waals surface area (Å²) in [7, 11) is 5.31. The fourth-order valence-electron chi connectivity index (χ4n) is 3.79. The molecule has 0 aromatic heterocycles. The van der Waals surface area contributed by atoms with Gasteiger partial charge >= 0.3 is 5.97 Å². The normalized spacial score (nSPS) is 13.8. The molecule has 0 unspecified atom stereocenters. The summed E-state index contributed by atoms with van der Waals surface area (Å²) in [5, 5.41) is 6.13. The third-order valence-corrected chi connectivity index (χ3v) is 5.43. The van der Waals surface area contributed by atoms with Crippen LogP contribution in [0.5, 0.6) is 5.75 Å². The number of nitrogens with one attached hydrogen (secondary N) is 2. The topological polar surface area (TPSA) is 79.9 Å². The third-order valence-electron chi connectivity index (χ3n) is 5.43. The highest BCUT2D eigenvalue weighted by Gasteiger charge is 2.29. The molecule has 35 heavy (non-hydrogen) atoms. The number of esters is 1. The van der Waals surface area contributed by atoms with Crippen molar-refractivity contribution in [1.29, 1.82) is 0 Å². The Kier molecular flexibility index (Phi) is 7.12. The molecule has 0 atom stereocenters. The van der Waals surface area contributed by atoms with E-state index in [9.17, 15) is 14.0 Å². The van der Waals surface area contributed by atoms with Gasteiger partial charge in [0.05, 0.1) is 24.1 Å². The molecule has 4 rings (SSSR count). The fourth-order valence-corrected chi connectivity index (χ4v) is 3.79. The molecule has 1 aliphatic rings. The second-order valence-electron chi connectivity index (χ2n) is 8.34. The van der Waals surface area contributed by atoms with Crippen molar-refractivity contribution in [3.8, 4) is 5.75 Å². The standard InChI is InChI=1S/C27H26FN3O4/c1-31(2)15-17-4-9-20(10-5-17)29-26(18-6-11-21(12-7-18)35-16-24(32)34-3)25-22-13-8-19(28)14-23(22)30-27(25)33/h4-14,29H,15-16H2,1-3H3,(H,30,33)/b26-25-. The predicted octanol–water partition coefficient (Wildman–Crippen LogP) is 4.37. The van der Waals surface area contributed by atoms with Crippen LogP contribution in [0.15, 0.2) is 66.7 Å². The quantitative estimate of drug-likeness (QED) is 0.372. The Bertz CT molecular complexity index is 1270. The van der Waals surface area contributed by atoms with Gasteiger partial charge in [-0.25, -0.2) is 9.18 Å². The molecule has 3 aromatic carbocycles. The van der Waals surface area contributed by atoms with Crippen LogP contribution in [0.2, 0.25) is 0 Å². The number of hydrogen-bond acceptors (Lipinski definition) is 6. The van der Waals surface area contributed by atoms with Gasteiger partial charge in [0.1, 0.15) is 11.6 Å². The minimum Gasteiger partial charge on any atom is -0.482 e. The van der Waals surface area contributed by atoms with Crippen molar-refractivity contribution >= 4 is 34.5 Å². The van der Waals surface area contributed by atoms with E-state index >= 15 is 0 Å². The molecule has 2 N–H and O–H groups in total. The number of carbonyl (C=O) groups is 2. The lowest BCUT2D eigenvalue weighted by molar-refractivity contribution is -0.142. The van der Waals surface area contributed by atoms with Gasteiger partial charge < -0.3 is 25.0 Å². The van der Waals surface area contributed by atoms with Gasteiger partial charge in [0.2, 0.25) is 0 Å². The van der Waals surface area contributed by atoms with Crippen molar-refractivity contribution in [3.63, 3.8) is 0 Å². The predicted molar refractivity (Wildman–Crippen MR) is 133 cm³/mol. The summed E-state index contributed by atoms with van der Waals surface area (Å²) < 4.78 is 23.8. The van der Waals surface area contributed by atoms with Crippen molar-refractivity contribution in [2.45, 2.75) is 6.54 Å². The summed E-state index contributed by atoms with van der Waals surface area (Å²) in [5.41, 5.74) is 4.66. The first-order valence-electron chi connectivity index (χ1n) is 11.0. The molecule has 1 amide bonds. The summed E-state index contributed by atoms with van der Waals surface area (Å²) >= 11 is 0. The average molecular weight is 476 g/mol. The highest BCUT2D eigenvalue weighted by Crippen LogP contribution is 2.38. The SMILES string of the molecule is COC(=O)COc1ccc(/C(Nc2ccc(CN(C)C)cc2)=C2/C(=O)Nc3cc(F)ccc32)cc1. The Balaban J connectivity index is 1.72. The van der Waals surface area contributed by atoms with Crippen molar-refractivity contribution < 1.29 is 23.5 Å². The van der Waals surface area contributed by atoms with E-state index in [-0.39, 0.29) is 12.5 Å². The number of carbonyl (C=O) groups excluding carboxylic acids is 2. The van der Waals surface area contributed by atoms with Crippen LogP contribution in [-0.4, -0.2) is 44.6 Å². The lowest BCUT2D eigenvalue weighted by Crippen LogP contribution is -2.13. The lowest BCUT2D eigenvalue weighted by Gasteiger charge is -2.16. The molecule has 1 aliphatic heterocycles. The molecule has 1 heterocycles. The van der Waals surface area contributed by atoms with E-state index in [1.807, 2.05) is 38.4 Å². The van der Waals surface area contributed by atoms with Crippen molar-refractivity contribution in [2.75, 3.05) is 38.4 Å². The van der Waals surface area contributed by atoms with E-state index < -0.39 is 11.8 Å². The van der Waals surface area contributed by atoms with Gasteiger partial charge in [-0.2, -0.15) is 0 Å². The van der Waals surface area contributed by atoms with Crippen LogP contribution in [0.25, 0.3) is 11.3 Å². The number of anilines is 2. The first kappa shape index (κ1) is 24.0. The number of rotatable bonds is 8. The maximum atomic E-state index is 13.8. The summed E-state index contributed by atoms with van der Waals surface area (Å²) in [6.07, 6.45) is 0. The van der Waals surface area contributed by atoms with Crippen LogP contribution in [0, 0.1) is 5.82 Å². The minimum absolute atomic E-state index is 0.206. The summed E-state index contributed by atoms with van der Waals surface area (Å²) in [5.74, 6) is -0.760. The molecule has 7 nitrogen and oxygen atoms in total. The van der Waals surface area contributed by atoms with Crippen LogP contribution >= 0.6 is 0 Å². The van der Waals surface area contributed by atoms with Gasteiger partial charge in [0, 0.05) is 17.8 Å². The molecule has 0 saturated carbocycles.